The number of aromatic nitrogens is 2. The van der Waals surface area contributed by atoms with Crippen LogP contribution in [0.15, 0.2) is 95.5 Å². The maximum Gasteiger partial charge on any atom is 0.251 e. The number of nitrogens with zero attached hydrogens (tertiary/aromatic N) is 2. The fraction of sp³-hybridized carbons (Fsp3) is 0.0769. The van der Waals surface area contributed by atoms with Gasteiger partial charge in [-0.25, -0.2) is 4.98 Å². The number of hydrogen-bond acceptors (Lipinski definition) is 2. The molecule has 5 heteroatoms. The molecule has 0 fully saturated rings. The Labute approximate surface area is 188 Å². The van der Waals surface area contributed by atoms with Crippen molar-refractivity contribution >= 4 is 43.6 Å². The van der Waals surface area contributed by atoms with Gasteiger partial charge in [0.25, 0.3) is 5.91 Å². The van der Waals surface area contributed by atoms with E-state index in [0.717, 1.165) is 21.3 Å². The molecule has 1 aromatic heterocycles. The average molecular weight is 470 g/mol. The van der Waals surface area contributed by atoms with Crippen molar-refractivity contribution in [3.05, 3.63) is 112 Å². The Morgan fingerprint density at radius 3 is 2.55 bits per heavy atom. The summed E-state index contributed by atoms with van der Waals surface area (Å²) in [4.78, 5) is 17.4. The summed E-state index contributed by atoms with van der Waals surface area (Å²) >= 11 is 3.42. The molecule has 0 atom stereocenters. The van der Waals surface area contributed by atoms with Gasteiger partial charge in [-0.2, -0.15) is 0 Å². The lowest BCUT2D eigenvalue weighted by Gasteiger charge is -2.11. The molecule has 0 spiro atoms. The minimum Gasteiger partial charge on any atom is -0.345 e. The molecule has 0 saturated heterocycles. The van der Waals surface area contributed by atoms with Gasteiger partial charge in [0.1, 0.15) is 5.82 Å². The first-order valence-electron chi connectivity index (χ1n) is 10.1. The SMILES string of the molecule is O=C(NCc1nc2ccccc2n1Cc1ccc2ccccc2c1)c1cccc(Br)c1. The molecule has 0 bridgehead atoms. The lowest BCUT2D eigenvalue weighted by Crippen LogP contribution is -2.24. The number of rotatable bonds is 5. The molecule has 31 heavy (non-hydrogen) atoms. The molecule has 1 N–H and O–H groups in total. The van der Waals surface area contributed by atoms with Crippen molar-refractivity contribution in [3.8, 4) is 0 Å². The van der Waals surface area contributed by atoms with Crippen LogP contribution in [-0.2, 0) is 13.1 Å². The number of carbonyl (C=O) groups excluding carboxylic acids is 1. The predicted molar refractivity (Wildman–Crippen MR) is 128 cm³/mol. The quantitative estimate of drug-likeness (QED) is 0.346. The van der Waals surface area contributed by atoms with E-state index in [2.05, 4.69) is 74.3 Å². The largest absolute Gasteiger partial charge is 0.345 e. The summed E-state index contributed by atoms with van der Waals surface area (Å²) in [5.41, 5.74) is 3.80. The number of halogens is 1. The number of imidazole rings is 1. The van der Waals surface area contributed by atoms with Crippen molar-refractivity contribution in [2.45, 2.75) is 13.1 Å². The summed E-state index contributed by atoms with van der Waals surface area (Å²) in [6.07, 6.45) is 0. The van der Waals surface area contributed by atoms with Gasteiger partial charge in [-0.3, -0.25) is 4.79 Å². The van der Waals surface area contributed by atoms with E-state index >= 15 is 0 Å². The molecule has 0 aliphatic carbocycles. The molecular formula is C26H20BrN3O. The number of hydrogen-bond donors (Lipinski definition) is 1. The molecule has 1 amide bonds. The number of para-hydroxylation sites is 2. The Morgan fingerprint density at radius 2 is 1.68 bits per heavy atom. The van der Waals surface area contributed by atoms with E-state index in [0.29, 0.717) is 18.7 Å². The van der Waals surface area contributed by atoms with E-state index < -0.39 is 0 Å². The lowest BCUT2D eigenvalue weighted by molar-refractivity contribution is 0.0949. The van der Waals surface area contributed by atoms with Gasteiger partial charge in [0.15, 0.2) is 0 Å². The summed E-state index contributed by atoms with van der Waals surface area (Å²) in [5, 5.41) is 5.46. The van der Waals surface area contributed by atoms with Crippen LogP contribution in [0.3, 0.4) is 0 Å². The first kappa shape index (κ1) is 19.5. The summed E-state index contributed by atoms with van der Waals surface area (Å²) in [6, 6.07) is 30.3. The van der Waals surface area contributed by atoms with Gasteiger partial charge in [0, 0.05) is 16.6 Å². The van der Waals surface area contributed by atoms with Crippen molar-refractivity contribution in [1.82, 2.24) is 14.9 Å². The van der Waals surface area contributed by atoms with E-state index in [-0.39, 0.29) is 5.91 Å². The zero-order valence-corrected chi connectivity index (χ0v) is 18.3. The monoisotopic (exact) mass is 469 g/mol. The highest BCUT2D eigenvalue weighted by molar-refractivity contribution is 9.10. The van der Waals surface area contributed by atoms with Gasteiger partial charge < -0.3 is 9.88 Å². The van der Waals surface area contributed by atoms with Gasteiger partial charge in [0.05, 0.1) is 17.6 Å². The number of nitrogens with one attached hydrogen (secondary N) is 1. The van der Waals surface area contributed by atoms with E-state index in [1.807, 2.05) is 36.4 Å². The van der Waals surface area contributed by atoms with Crippen molar-refractivity contribution in [2.24, 2.45) is 0 Å². The van der Waals surface area contributed by atoms with Crippen LogP contribution in [-0.4, -0.2) is 15.5 Å². The minimum atomic E-state index is -0.120. The molecule has 0 saturated carbocycles. The smallest absolute Gasteiger partial charge is 0.251 e. The minimum absolute atomic E-state index is 0.120. The molecular weight excluding hydrogens is 450 g/mol. The normalized spacial score (nSPS) is 11.1. The highest BCUT2D eigenvalue weighted by Gasteiger charge is 2.13. The van der Waals surface area contributed by atoms with E-state index in [4.69, 9.17) is 4.98 Å². The second-order valence-electron chi connectivity index (χ2n) is 7.48. The number of amides is 1. The molecule has 5 aromatic rings. The van der Waals surface area contributed by atoms with Gasteiger partial charge in [-0.1, -0.05) is 70.5 Å². The first-order valence-corrected chi connectivity index (χ1v) is 10.9. The van der Waals surface area contributed by atoms with Gasteiger partial charge >= 0.3 is 0 Å². The first-order chi connectivity index (χ1) is 15.2. The van der Waals surface area contributed by atoms with Crippen LogP contribution >= 0.6 is 15.9 Å². The zero-order chi connectivity index (χ0) is 21.2. The number of benzene rings is 4. The zero-order valence-electron chi connectivity index (χ0n) is 16.8. The van der Waals surface area contributed by atoms with Gasteiger partial charge in [0.2, 0.25) is 0 Å². The standard InChI is InChI=1S/C26H20BrN3O/c27-22-9-5-8-21(15-22)26(31)28-16-25-29-23-10-3-4-11-24(23)30(25)17-18-12-13-19-6-1-2-7-20(19)14-18/h1-15H,16-17H2,(H,28,31). The Kier molecular flexibility index (Phi) is 5.26. The van der Waals surface area contributed by atoms with Crippen molar-refractivity contribution in [1.29, 1.82) is 0 Å². The summed E-state index contributed by atoms with van der Waals surface area (Å²) in [6.45, 7) is 1.04. The molecule has 1 heterocycles. The second-order valence-corrected chi connectivity index (χ2v) is 8.39. The van der Waals surface area contributed by atoms with Crippen LogP contribution in [0, 0.1) is 0 Å². The fourth-order valence-electron chi connectivity index (χ4n) is 3.85. The molecule has 0 aliphatic heterocycles. The molecule has 4 nitrogen and oxygen atoms in total. The Bertz CT molecular complexity index is 1410. The molecule has 152 valence electrons. The average Bonchev–Trinajstić information content (AvgIpc) is 3.14. The summed E-state index contributed by atoms with van der Waals surface area (Å²) < 4.78 is 3.06. The third kappa shape index (κ3) is 4.09. The van der Waals surface area contributed by atoms with Gasteiger partial charge in [-0.05, 0) is 52.7 Å². The lowest BCUT2D eigenvalue weighted by atomic mass is 10.1. The predicted octanol–water partition coefficient (Wildman–Crippen LogP) is 5.93. The second kappa shape index (κ2) is 8.36. The highest BCUT2D eigenvalue weighted by Crippen LogP contribution is 2.21. The molecule has 5 rings (SSSR count). The molecule has 0 unspecified atom stereocenters. The Morgan fingerprint density at radius 1 is 0.871 bits per heavy atom. The summed E-state index contributed by atoms with van der Waals surface area (Å²) in [7, 11) is 0. The van der Waals surface area contributed by atoms with Crippen LogP contribution in [0.5, 0.6) is 0 Å². The van der Waals surface area contributed by atoms with Crippen LogP contribution in [0.25, 0.3) is 21.8 Å². The van der Waals surface area contributed by atoms with E-state index in [9.17, 15) is 4.79 Å². The number of fused-ring (bicyclic) bond motifs is 2. The van der Waals surface area contributed by atoms with Crippen molar-refractivity contribution in [2.75, 3.05) is 0 Å². The van der Waals surface area contributed by atoms with E-state index in [1.165, 1.54) is 16.3 Å². The summed E-state index contributed by atoms with van der Waals surface area (Å²) in [5.74, 6) is 0.711. The topological polar surface area (TPSA) is 46.9 Å². The number of carbonyl (C=O) groups is 1. The fourth-order valence-corrected chi connectivity index (χ4v) is 4.25. The Balaban J connectivity index is 1.45. The van der Waals surface area contributed by atoms with Gasteiger partial charge in [-0.15, -0.1) is 0 Å². The van der Waals surface area contributed by atoms with Crippen molar-refractivity contribution < 1.29 is 4.79 Å². The van der Waals surface area contributed by atoms with Crippen molar-refractivity contribution in [3.63, 3.8) is 0 Å². The maximum atomic E-state index is 12.6. The van der Waals surface area contributed by atoms with Crippen LogP contribution in [0.4, 0.5) is 0 Å². The molecule has 0 aliphatic rings. The highest BCUT2D eigenvalue weighted by atomic mass is 79.9. The van der Waals surface area contributed by atoms with E-state index in [1.54, 1.807) is 6.07 Å². The van der Waals surface area contributed by atoms with Crippen LogP contribution in [0.1, 0.15) is 21.7 Å². The molecule has 0 radical (unpaired) electrons. The maximum absolute atomic E-state index is 12.6. The molecule has 4 aromatic carbocycles. The van der Waals surface area contributed by atoms with Crippen LogP contribution in [0.2, 0.25) is 0 Å². The third-order valence-corrected chi connectivity index (χ3v) is 5.88. The Hall–Kier alpha value is -3.44. The third-order valence-electron chi connectivity index (χ3n) is 5.38. The van der Waals surface area contributed by atoms with Crippen LogP contribution < -0.4 is 5.32 Å².